The van der Waals surface area contributed by atoms with Gasteiger partial charge in [-0.1, -0.05) is 26.2 Å². The van der Waals surface area contributed by atoms with E-state index in [0.29, 0.717) is 19.0 Å². The molecule has 0 fully saturated rings. The average molecular weight is 459 g/mol. The Morgan fingerprint density at radius 1 is 1.25 bits per heavy atom. The number of anilines is 1. The van der Waals surface area contributed by atoms with Gasteiger partial charge in [-0.05, 0) is 18.6 Å². The van der Waals surface area contributed by atoms with Gasteiger partial charge in [0.05, 0.1) is 5.56 Å². The lowest BCUT2D eigenvalue weighted by Crippen LogP contribution is -2.35. The van der Waals surface area contributed by atoms with E-state index in [-0.39, 0.29) is 36.3 Å². The molecule has 5 nitrogen and oxygen atoms in total. The molecule has 0 radical (unpaired) electrons. The van der Waals surface area contributed by atoms with Crippen molar-refractivity contribution in [2.24, 2.45) is 10.7 Å². The molecule has 138 valence electrons. The predicted octanol–water partition coefficient (Wildman–Crippen LogP) is 3.61. The van der Waals surface area contributed by atoms with Gasteiger partial charge in [0.25, 0.3) is 0 Å². The number of halogens is 4. The van der Waals surface area contributed by atoms with Crippen LogP contribution in [0.3, 0.4) is 0 Å². The van der Waals surface area contributed by atoms with Crippen LogP contribution >= 0.6 is 24.0 Å². The number of aromatic nitrogens is 1. The second kappa shape index (κ2) is 12.2. The Bertz CT molecular complexity index is 494. The monoisotopic (exact) mass is 459 g/mol. The molecule has 9 heteroatoms. The molecule has 0 aliphatic carbocycles. The molecule has 0 saturated carbocycles. The van der Waals surface area contributed by atoms with Gasteiger partial charge in [0.15, 0.2) is 5.96 Å². The lowest BCUT2D eigenvalue weighted by Gasteiger charge is -2.13. The van der Waals surface area contributed by atoms with E-state index in [1.807, 2.05) is 0 Å². The van der Waals surface area contributed by atoms with E-state index in [9.17, 15) is 13.2 Å². The average Bonchev–Trinajstić information content (AvgIpc) is 2.51. The zero-order chi connectivity index (χ0) is 17.1. The standard InChI is InChI=1S/C15H24F3N5.HI/c1-2-3-4-5-8-22-14(19)23-11-10-21-13-12(15(16,17)18)7-6-9-20-13;/h6-7,9H,2-5,8,10-11H2,1H3,(H,20,21)(H3,19,22,23);1H. The van der Waals surface area contributed by atoms with Crippen molar-refractivity contribution in [1.29, 1.82) is 0 Å². The molecular formula is C15H25F3IN5. The number of rotatable bonds is 9. The summed E-state index contributed by atoms with van der Waals surface area (Å²) in [7, 11) is 0. The van der Waals surface area contributed by atoms with Gasteiger partial charge >= 0.3 is 6.18 Å². The third-order valence-electron chi connectivity index (χ3n) is 3.13. The SMILES string of the molecule is CCCCCCN=C(N)NCCNc1ncccc1C(F)(F)F.I. The Hall–Kier alpha value is -1.26. The van der Waals surface area contributed by atoms with E-state index in [2.05, 4.69) is 27.5 Å². The Morgan fingerprint density at radius 3 is 2.67 bits per heavy atom. The van der Waals surface area contributed by atoms with Gasteiger partial charge in [-0.25, -0.2) is 4.98 Å². The van der Waals surface area contributed by atoms with Gasteiger partial charge in [0.1, 0.15) is 5.82 Å². The van der Waals surface area contributed by atoms with E-state index in [4.69, 9.17) is 5.73 Å². The van der Waals surface area contributed by atoms with E-state index in [1.54, 1.807) is 0 Å². The van der Waals surface area contributed by atoms with Crippen molar-refractivity contribution in [3.05, 3.63) is 23.9 Å². The van der Waals surface area contributed by atoms with Gasteiger partial charge in [-0.3, -0.25) is 4.99 Å². The van der Waals surface area contributed by atoms with Crippen LogP contribution in [0.2, 0.25) is 0 Å². The normalized spacial score (nSPS) is 11.8. The number of pyridine rings is 1. The fourth-order valence-corrected chi connectivity index (χ4v) is 1.94. The molecule has 0 aliphatic heterocycles. The van der Waals surface area contributed by atoms with Crippen molar-refractivity contribution in [2.75, 3.05) is 25.0 Å². The van der Waals surface area contributed by atoms with Crippen molar-refractivity contribution in [3.8, 4) is 0 Å². The predicted molar refractivity (Wildman–Crippen MR) is 102 cm³/mol. The third kappa shape index (κ3) is 9.14. The van der Waals surface area contributed by atoms with E-state index in [1.165, 1.54) is 18.7 Å². The molecular weight excluding hydrogens is 434 g/mol. The van der Waals surface area contributed by atoms with Gasteiger partial charge in [0, 0.05) is 25.8 Å². The first-order chi connectivity index (χ1) is 10.9. The molecule has 0 bridgehead atoms. The number of unbranched alkanes of at least 4 members (excludes halogenated alkanes) is 3. The second-order valence-electron chi connectivity index (χ2n) is 5.08. The lowest BCUT2D eigenvalue weighted by molar-refractivity contribution is -0.137. The number of nitrogens with two attached hydrogens (primary N) is 1. The summed E-state index contributed by atoms with van der Waals surface area (Å²) in [5, 5.41) is 5.51. The minimum atomic E-state index is -4.43. The summed E-state index contributed by atoms with van der Waals surface area (Å²) < 4.78 is 38.3. The molecule has 1 rings (SSSR count). The number of aliphatic imine (C=N–C) groups is 1. The highest BCUT2D eigenvalue weighted by Crippen LogP contribution is 2.33. The first-order valence-electron chi connectivity index (χ1n) is 7.75. The highest BCUT2D eigenvalue weighted by molar-refractivity contribution is 14.0. The van der Waals surface area contributed by atoms with Crippen LogP contribution in [0.1, 0.15) is 38.2 Å². The molecule has 1 aromatic heterocycles. The molecule has 0 aromatic carbocycles. The minimum absolute atomic E-state index is 0. The smallest absolute Gasteiger partial charge is 0.370 e. The molecule has 1 heterocycles. The molecule has 24 heavy (non-hydrogen) atoms. The number of hydrogen-bond donors (Lipinski definition) is 3. The maximum atomic E-state index is 12.8. The zero-order valence-electron chi connectivity index (χ0n) is 13.7. The maximum Gasteiger partial charge on any atom is 0.419 e. The van der Waals surface area contributed by atoms with E-state index < -0.39 is 11.7 Å². The molecule has 0 spiro atoms. The number of nitrogens with one attached hydrogen (secondary N) is 2. The number of nitrogens with zero attached hydrogens (tertiary/aromatic N) is 2. The molecule has 4 N–H and O–H groups in total. The Balaban J connectivity index is 0.00000529. The summed E-state index contributed by atoms with van der Waals surface area (Å²) in [6.45, 7) is 3.41. The van der Waals surface area contributed by atoms with Crippen molar-refractivity contribution < 1.29 is 13.2 Å². The fourth-order valence-electron chi connectivity index (χ4n) is 1.94. The highest BCUT2D eigenvalue weighted by atomic mass is 127. The van der Waals surface area contributed by atoms with Gasteiger partial charge in [-0.2, -0.15) is 13.2 Å². The summed E-state index contributed by atoms with van der Waals surface area (Å²) in [6, 6.07) is 2.25. The minimum Gasteiger partial charge on any atom is -0.370 e. The molecule has 0 saturated heterocycles. The van der Waals surface area contributed by atoms with E-state index in [0.717, 1.165) is 25.3 Å². The number of guanidine groups is 1. The summed E-state index contributed by atoms with van der Waals surface area (Å²) in [6.07, 6.45) is 1.33. The fraction of sp³-hybridized carbons (Fsp3) is 0.600. The maximum absolute atomic E-state index is 12.8. The second-order valence-corrected chi connectivity index (χ2v) is 5.08. The molecule has 0 amide bonds. The van der Waals surface area contributed by atoms with Gasteiger partial charge in [-0.15, -0.1) is 24.0 Å². The first-order valence-corrected chi connectivity index (χ1v) is 7.75. The van der Waals surface area contributed by atoms with Crippen LogP contribution in [0.15, 0.2) is 23.3 Å². The zero-order valence-corrected chi connectivity index (χ0v) is 16.0. The van der Waals surface area contributed by atoms with Crippen molar-refractivity contribution in [3.63, 3.8) is 0 Å². The summed E-state index contributed by atoms with van der Waals surface area (Å²) in [4.78, 5) is 7.88. The van der Waals surface area contributed by atoms with Crippen LogP contribution in [-0.4, -0.2) is 30.6 Å². The van der Waals surface area contributed by atoms with Crippen LogP contribution in [0, 0.1) is 0 Å². The van der Waals surface area contributed by atoms with Crippen LogP contribution in [0.25, 0.3) is 0 Å². The summed E-state index contributed by atoms with van der Waals surface area (Å²) in [5.41, 5.74) is 4.90. The topological polar surface area (TPSA) is 75.3 Å². The highest BCUT2D eigenvalue weighted by Gasteiger charge is 2.33. The largest absolute Gasteiger partial charge is 0.419 e. The molecule has 0 aliphatic rings. The van der Waals surface area contributed by atoms with Crippen molar-refractivity contribution in [1.82, 2.24) is 10.3 Å². The van der Waals surface area contributed by atoms with Gasteiger partial charge in [0.2, 0.25) is 0 Å². The van der Waals surface area contributed by atoms with Crippen LogP contribution in [0.5, 0.6) is 0 Å². The van der Waals surface area contributed by atoms with Crippen LogP contribution in [0.4, 0.5) is 19.0 Å². The Morgan fingerprint density at radius 2 is 2.00 bits per heavy atom. The van der Waals surface area contributed by atoms with Crippen molar-refractivity contribution >= 4 is 35.8 Å². The van der Waals surface area contributed by atoms with Crippen LogP contribution < -0.4 is 16.4 Å². The Kier molecular flexibility index (Phi) is 11.5. The van der Waals surface area contributed by atoms with Crippen molar-refractivity contribution in [2.45, 2.75) is 38.8 Å². The lowest BCUT2D eigenvalue weighted by atomic mass is 10.2. The summed E-state index contributed by atoms with van der Waals surface area (Å²) in [5.74, 6) is 0.122. The van der Waals surface area contributed by atoms with E-state index >= 15 is 0 Å². The third-order valence-corrected chi connectivity index (χ3v) is 3.13. The quantitative estimate of drug-likeness (QED) is 0.228. The molecule has 0 unspecified atom stereocenters. The first kappa shape index (κ1) is 22.7. The number of alkyl halides is 3. The Labute approximate surface area is 157 Å². The number of hydrogen-bond acceptors (Lipinski definition) is 3. The summed E-state index contributed by atoms with van der Waals surface area (Å²) >= 11 is 0. The molecule has 1 aromatic rings. The molecule has 0 atom stereocenters. The van der Waals surface area contributed by atoms with Crippen LogP contribution in [-0.2, 0) is 6.18 Å². The van der Waals surface area contributed by atoms with Gasteiger partial charge < -0.3 is 16.4 Å².